The molecule has 2 rings (SSSR count). The van der Waals surface area contributed by atoms with Gasteiger partial charge < -0.3 is 0 Å². The first-order chi connectivity index (χ1) is 8.58. The molecule has 1 heterocycles. The van der Waals surface area contributed by atoms with Crippen LogP contribution in [-0.2, 0) is 7.05 Å². The fourth-order valence-electron chi connectivity index (χ4n) is 1.56. The van der Waals surface area contributed by atoms with Gasteiger partial charge in [0.1, 0.15) is 0 Å². The van der Waals surface area contributed by atoms with Gasteiger partial charge in [-0.2, -0.15) is 5.10 Å². The van der Waals surface area contributed by atoms with Gasteiger partial charge in [0.05, 0.1) is 11.1 Å². The summed E-state index contributed by atoms with van der Waals surface area (Å²) < 4.78 is 1.67. The van der Waals surface area contributed by atoms with E-state index in [4.69, 9.17) is 0 Å². The first-order valence-corrected chi connectivity index (χ1v) is 5.82. The van der Waals surface area contributed by atoms with Crippen LogP contribution in [0.2, 0.25) is 0 Å². The van der Waals surface area contributed by atoms with Crippen LogP contribution in [0.25, 0.3) is 11.1 Å². The maximum Gasteiger partial charge on any atom is 0.272 e. The molecular formula is C13H17N3O2. The van der Waals surface area contributed by atoms with E-state index in [1.807, 2.05) is 33.2 Å². The van der Waals surface area contributed by atoms with Gasteiger partial charge >= 0.3 is 0 Å². The lowest BCUT2D eigenvalue weighted by atomic mass is 10.1. The summed E-state index contributed by atoms with van der Waals surface area (Å²) >= 11 is 0. The zero-order valence-corrected chi connectivity index (χ0v) is 11.0. The minimum atomic E-state index is -0.366. The third kappa shape index (κ3) is 2.94. The Morgan fingerprint density at radius 2 is 1.94 bits per heavy atom. The number of hydrogen-bond acceptors (Lipinski definition) is 3. The number of nitrogens with zero attached hydrogens (tertiary/aromatic N) is 3. The van der Waals surface area contributed by atoms with Crippen LogP contribution in [0.15, 0.2) is 30.6 Å². The van der Waals surface area contributed by atoms with Crippen molar-refractivity contribution in [1.29, 1.82) is 0 Å². The molecule has 5 nitrogen and oxygen atoms in total. The van der Waals surface area contributed by atoms with Gasteiger partial charge in [0, 0.05) is 30.4 Å². The average Bonchev–Trinajstić information content (AvgIpc) is 2.79. The Balaban J connectivity index is 0.000000771. The molecular weight excluding hydrogens is 230 g/mol. The van der Waals surface area contributed by atoms with Gasteiger partial charge in [-0.15, -0.1) is 0 Å². The smallest absolute Gasteiger partial charge is 0.272 e. The average molecular weight is 247 g/mol. The van der Waals surface area contributed by atoms with Crippen LogP contribution in [0.1, 0.15) is 19.4 Å². The van der Waals surface area contributed by atoms with E-state index in [0.29, 0.717) is 5.56 Å². The summed E-state index contributed by atoms with van der Waals surface area (Å²) in [5.74, 6) is 0. The minimum Gasteiger partial charge on any atom is -0.275 e. The quantitative estimate of drug-likeness (QED) is 0.604. The third-order valence-corrected chi connectivity index (χ3v) is 2.44. The molecule has 0 saturated carbocycles. The van der Waals surface area contributed by atoms with Crippen molar-refractivity contribution in [3.05, 3.63) is 46.3 Å². The van der Waals surface area contributed by atoms with Crippen LogP contribution < -0.4 is 0 Å². The van der Waals surface area contributed by atoms with Gasteiger partial charge in [-0.25, -0.2) is 0 Å². The molecule has 0 unspecified atom stereocenters. The minimum absolute atomic E-state index is 0.140. The SMILES string of the molecule is CC.Cc1ccc(-c2cnn(C)c2)cc1[N+](=O)[O-]. The Bertz CT molecular complexity index is 547. The molecule has 18 heavy (non-hydrogen) atoms. The number of nitro benzene ring substituents is 1. The molecule has 0 aliphatic heterocycles. The largest absolute Gasteiger partial charge is 0.275 e. The summed E-state index contributed by atoms with van der Waals surface area (Å²) in [4.78, 5) is 10.4. The highest BCUT2D eigenvalue weighted by Crippen LogP contribution is 2.26. The van der Waals surface area contributed by atoms with Crippen molar-refractivity contribution in [2.45, 2.75) is 20.8 Å². The summed E-state index contributed by atoms with van der Waals surface area (Å²) in [6.45, 7) is 5.73. The van der Waals surface area contributed by atoms with Gasteiger partial charge in [0.25, 0.3) is 5.69 Å². The van der Waals surface area contributed by atoms with Crippen molar-refractivity contribution in [2.75, 3.05) is 0 Å². The highest BCUT2D eigenvalue weighted by atomic mass is 16.6. The molecule has 0 radical (unpaired) electrons. The maximum absolute atomic E-state index is 10.8. The van der Waals surface area contributed by atoms with Gasteiger partial charge in [-0.05, 0) is 12.5 Å². The molecule has 0 bridgehead atoms. The molecule has 1 aromatic carbocycles. The number of rotatable bonds is 2. The van der Waals surface area contributed by atoms with E-state index in [0.717, 1.165) is 11.1 Å². The molecule has 0 amide bonds. The Hall–Kier alpha value is -2.17. The van der Waals surface area contributed by atoms with E-state index in [2.05, 4.69) is 5.10 Å². The van der Waals surface area contributed by atoms with Crippen LogP contribution >= 0.6 is 0 Å². The van der Waals surface area contributed by atoms with Crippen LogP contribution in [0.5, 0.6) is 0 Å². The number of aromatic nitrogens is 2. The lowest BCUT2D eigenvalue weighted by Crippen LogP contribution is -1.91. The zero-order chi connectivity index (χ0) is 13.7. The summed E-state index contributed by atoms with van der Waals surface area (Å²) in [5, 5.41) is 14.8. The molecule has 0 aliphatic rings. The topological polar surface area (TPSA) is 61.0 Å². The van der Waals surface area contributed by atoms with E-state index in [1.54, 1.807) is 29.9 Å². The Morgan fingerprint density at radius 3 is 2.44 bits per heavy atom. The van der Waals surface area contributed by atoms with Gasteiger partial charge in [-0.3, -0.25) is 14.8 Å². The summed E-state index contributed by atoms with van der Waals surface area (Å²) in [5.41, 5.74) is 2.50. The predicted molar refractivity (Wildman–Crippen MR) is 71.4 cm³/mol. The van der Waals surface area contributed by atoms with Crippen molar-refractivity contribution < 1.29 is 4.92 Å². The molecule has 96 valence electrons. The second-order valence-corrected chi connectivity index (χ2v) is 3.66. The van der Waals surface area contributed by atoms with Crippen LogP contribution in [0.4, 0.5) is 5.69 Å². The maximum atomic E-state index is 10.8. The van der Waals surface area contributed by atoms with E-state index < -0.39 is 0 Å². The van der Waals surface area contributed by atoms with E-state index in [9.17, 15) is 10.1 Å². The first-order valence-electron chi connectivity index (χ1n) is 5.82. The standard InChI is InChI=1S/C11H11N3O2.C2H6/c1-8-3-4-9(5-11(8)14(15)16)10-6-12-13(2)7-10;1-2/h3-7H,1-2H3;1-2H3. The van der Waals surface area contributed by atoms with Crippen molar-refractivity contribution in [2.24, 2.45) is 7.05 Å². The summed E-state index contributed by atoms with van der Waals surface area (Å²) in [7, 11) is 1.81. The fraction of sp³-hybridized carbons (Fsp3) is 0.308. The number of aryl methyl sites for hydroxylation is 2. The van der Waals surface area contributed by atoms with E-state index in [-0.39, 0.29) is 10.6 Å². The third-order valence-electron chi connectivity index (χ3n) is 2.44. The molecule has 0 saturated heterocycles. The monoisotopic (exact) mass is 247 g/mol. The number of hydrogen-bond donors (Lipinski definition) is 0. The van der Waals surface area contributed by atoms with E-state index in [1.165, 1.54) is 0 Å². The van der Waals surface area contributed by atoms with Crippen molar-refractivity contribution in [3.8, 4) is 11.1 Å². The van der Waals surface area contributed by atoms with Crippen LogP contribution in [-0.4, -0.2) is 14.7 Å². The van der Waals surface area contributed by atoms with Crippen LogP contribution in [0, 0.1) is 17.0 Å². The van der Waals surface area contributed by atoms with Gasteiger partial charge in [0.15, 0.2) is 0 Å². The predicted octanol–water partition coefficient (Wildman–Crippen LogP) is 3.33. The highest BCUT2D eigenvalue weighted by Gasteiger charge is 2.12. The molecule has 1 aromatic heterocycles. The molecule has 0 aliphatic carbocycles. The molecule has 0 atom stereocenters. The lowest BCUT2D eigenvalue weighted by molar-refractivity contribution is -0.385. The summed E-state index contributed by atoms with van der Waals surface area (Å²) in [6, 6.07) is 5.19. The van der Waals surface area contributed by atoms with Crippen molar-refractivity contribution in [3.63, 3.8) is 0 Å². The van der Waals surface area contributed by atoms with Gasteiger partial charge in [0.2, 0.25) is 0 Å². The number of benzene rings is 1. The second-order valence-electron chi connectivity index (χ2n) is 3.66. The zero-order valence-electron chi connectivity index (χ0n) is 11.0. The van der Waals surface area contributed by atoms with Crippen molar-refractivity contribution in [1.82, 2.24) is 9.78 Å². The highest BCUT2D eigenvalue weighted by molar-refractivity contribution is 5.66. The normalized spacial score (nSPS) is 9.56. The Kier molecular flexibility index (Phi) is 4.59. The molecule has 0 N–H and O–H groups in total. The lowest BCUT2D eigenvalue weighted by Gasteiger charge is -2.00. The second kappa shape index (κ2) is 5.95. The van der Waals surface area contributed by atoms with Crippen LogP contribution in [0.3, 0.4) is 0 Å². The fourth-order valence-corrected chi connectivity index (χ4v) is 1.56. The first kappa shape index (κ1) is 13.9. The van der Waals surface area contributed by atoms with E-state index >= 15 is 0 Å². The molecule has 0 fully saturated rings. The molecule has 0 spiro atoms. The van der Waals surface area contributed by atoms with Gasteiger partial charge in [-0.1, -0.05) is 26.0 Å². The van der Waals surface area contributed by atoms with Crippen molar-refractivity contribution >= 4 is 5.69 Å². The Morgan fingerprint density at radius 1 is 1.28 bits per heavy atom. The number of nitro groups is 1. The molecule has 5 heteroatoms. The molecule has 2 aromatic rings. The summed E-state index contributed by atoms with van der Waals surface area (Å²) in [6.07, 6.45) is 3.52. The Labute approximate surface area is 106 Å².